The van der Waals surface area contributed by atoms with E-state index in [1.54, 1.807) is 24.4 Å². The minimum absolute atomic E-state index is 0.00233. The zero-order valence-corrected chi connectivity index (χ0v) is 15.7. The van der Waals surface area contributed by atoms with Crippen LogP contribution >= 0.6 is 0 Å². The van der Waals surface area contributed by atoms with Gasteiger partial charge in [-0.05, 0) is 35.4 Å². The Morgan fingerprint density at radius 2 is 1.86 bits per heavy atom. The van der Waals surface area contributed by atoms with Crippen LogP contribution in [-0.2, 0) is 9.59 Å². The molecule has 0 aliphatic carbocycles. The molecule has 148 valence electrons. The summed E-state index contributed by atoms with van der Waals surface area (Å²) in [5.41, 5.74) is 6.96. The van der Waals surface area contributed by atoms with E-state index in [0.29, 0.717) is 17.1 Å². The van der Waals surface area contributed by atoms with E-state index in [0.717, 1.165) is 11.1 Å². The minimum Gasteiger partial charge on any atom is -0.454 e. The number of carbonyl (C=O) groups excluding carboxylic acids is 3. The van der Waals surface area contributed by atoms with Gasteiger partial charge in [0.1, 0.15) is 0 Å². The molecule has 3 amide bonds. The van der Waals surface area contributed by atoms with Gasteiger partial charge in [-0.2, -0.15) is 0 Å². The zero-order valence-electron chi connectivity index (χ0n) is 15.7. The van der Waals surface area contributed by atoms with E-state index < -0.39 is 17.9 Å². The third kappa shape index (κ3) is 3.77. The first-order chi connectivity index (χ1) is 14.0. The van der Waals surface area contributed by atoms with Gasteiger partial charge in [0.2, 0.25) is 18.6 Å². The molecule has 2 aliphatic rings. The van der Waals surface area contributed by atoms with Crippen LogP contribution in [0, 0.1) is 0 Å². The van der Waals surface area contributed by atoms with Gasteiger partial charge in [0.25, 0.3) is 5.91 Å². The first kappa shape index (κ1) is 18.5. The molecule has 0 saturated carbocycles. The lowest BCUT2D eigenvalue weighted by Gasteiger charge is -2.32. The summed E-state index contributed by atoms with van der Waals surface area (Å²) in [6, 6.07) is 11.9. The first-order valence-corrected chi connectivity index (χ1v) is 9.08. The summed E-state index contributed by atoms with van der Waals surface area (Å²) < 4.78 is 10.5. The Morgan fingerprint density at radius 3 is 2.69 bits per heavy atom. The predicted octanol–water partition coefficient (Wildman–Crippen LogP) is 2.14. The molecule has 0 unspecified atom stereocenters. The van der Waals surface area contributed by atoms with Gasteiger partial charge in [0.15, 0.2) is 11.5 Å². The number of hydrogen-bond donors (Lipinski definition) is 2. The van der Waals surface area contributed by atoms with Gasteiger partial charge < -0.3 is 14.4 Å². The van der Waals surface area contributed by atoms with Crippen molar-refractivity contribution in [1.82, 2.24) is 15.8 Å². The number of hydrogen-bond acceptors (Lipinski definition) is 5. The maximum atomic E-state index is 12.5. The van der Waals surface area contributed by atoms with Crippen LogP contribution in [0.15, 0.2) is 48.7 Å². The Morgan fingerprint density at radius 1 is 1.07 bits per heavy atom. The molecule has 0 aromatic heterocycles. The fraction of sp³-hybridized carbons (Fsp3) is 0.190. The summed E-state index contributed by atoms with van der Waals surface area (Å²) in [6.07, 6.45) is 3.52. The summed E-state index contributed by atoms with van der Waals surface area (Å²) in [5.74, 6) is -0.0204. The lowest BCUT2D eigenvalue weighted by molar-refractivity contribution is -0.130. The van der Waals surface area contributed by atoms with Gasteiger partial charge in [-0.15, -0.1) is 0 Å². The molecule has 8 heteroatoms. The van der Waals surface area contributed by atoms with Crippen LogP contribution in [0.4, 0.5) is 0 Å². The summed E-state index contributed by atoms with van der Waals surface area (Å²) in [4.78, 5) is 38.3. The van der Waals surface area contributed by atoms with Gasteiger partial charge in [0, 0.05) is 18.7 Å². The number of nitrogens with one attached hydrogen (secondary N) is 2. The number of carbonyl (C=O) groups is 3. The lowest BCUT2D eigenvalue weighted by Crippen LogP contribution is -2.43. The van der Waals surface area contributed by atoms with Crippen molar-refractivity contribution in [2.24, 2.45) is 0 Å². The number of fused-ring (bicyclic) bond motifs is 2. The Kier molecular flexibility index (Phi) is 4.90. The molecular weight excluding hydrogens is 374 g/mol. The van der Waals surface area contributed by atoms with E-state index in [9.17, 15) is 14.4 Å². The smallest absolute Gasteiger partial charge is 0.269 e. The molecule has 2 aromatic carbocycles. The third-order valence-electron chi connectivity index (χ3n) is 4.80. The van der Waals surface area contributed by atoms with E-state index in [-0.39, 0.29) is 19.1 Å². The Labute approximate surface area is 167 Å². The highest BCUT2D eigenvalue weighted by molar-refractivity contribution is 5.96. The Hall–Kier alpha value is -3.81. The van der Waals surface area contributed by atoms with Crippen LogP contribution < -0.4 is 20.3 Å². The molecule has 0 radical (unpaired) electrons. The highest BCUT2D eigenvalue weighted by Crippen LogP contribution is 2.33. The highest BCUT2D eigenvalue weighted by atomic mass is 16.7. The fourth-order valence-corrected chi connectivity index (χ4v) is 3.38. The van der Waals surface area contributed by atoms with Crippen LogP contribution in [-0.4, -0.2) is 29.4 Å². The van der Waals surface area contributed by atoms with Gasteiger partial charge in [-0.1, -0.05) is 24.3 Å². The topological polar surface area (TPSA) is 97.0 Å². The molecule has 1 atom stereocenters. The molecule has 0 bridgehead atoms. The van der Waals surface area contributed by atoms with E-state index in [1.165, 1.54) is 11.8 Å². The molecule has 0 spiro atoms. The van der Waals surface area contributed by atoms with Gasteiger partial charge >= 0.3 is 0 Å². The van der Waals surface area contributed by atoms with Crippen LogP contribution in [0.2, 0.25) is 0 Å². The number of nitrogens with zero attached hydrogens (tertiary/aromatic N) is 1. The molecule has 2 aliphatic heterocycles. The molecule has 8 nitrogen and oxygen atoms in total. The number of benzene rings is 2. The van der Waals surface area contributed by atoms with Crippen molar-refractivity contribution in [2.75, 3.05) is 6.79 Å². The van der Waals surface area contributed by atoms with E-state index >= 15 is 0 Å². The van der Waals surface area contributed by atoms with Crippen LogP contribution in [0.3, 0.4) is 0 Å². The molecule has 4 rings (SSSR count). The van der Waals surface area contributed by atoms with E-state index in [1.807, 2.05) is 30.3 Å². The van der Waals surface area contributed by atoms with Crippen molar-refractivity contribution >= 4 is 23.8 Å². The SMILES string of the molecule is CC(=O)N1C=Cc2ccccc2[C@H]1CC(=O)NNC(=O)c1ccc2c(c1)OCO2. The quantitative estimate of drug-likeness (QED) is 0.779. The number of amides is 3. The van der Waals surface area contributed by atoms with Crippen LogP contribution in [0.25, 0.3) is 6.08 Å². The van der Waals surface area contributed by atoms with Crippen LogP contribution in [0.5, 0.6) is 11.5 Å². The summed E-state index contributed by atoms with van der Waals surface area (Å²) in [5, 5.41) is 0. The van der Waals surface area contributed by atoms with E-state index in [4.69, 9.17) is 9.47 Å². The zero-order chi connectivity index (χ0) is 20.4. The normalized spacial score (nSPS) is 16.2. The number of ether oxygens (including phenoxy) is 2. The molecule has 29 heavy (non-hydrogen) atoms. The van der Waals surface area contributed by atoms with Gasteiger partial charge in [0.05, 0.1) is 12.5 Å². The summed E-state index contributed by atoms with van der Waals surface area (Å²) in [7, 11) is 0. The monoisotopic (exact) mass is 393 g/mol. The highest BCUT2D eigenvalue weighted by Gasteiger charge is 2.28. The van der Waals surface area contributed by atoms with E-state index in [2.05, 4.69) is 10.9 Å². The second kappa shape index (κ2) is 7.67. The van der Waals surface area contributed by atoms with Crippen molar-refractivity contribution in [2.45, 2.75) is 19.4 Å². The van der Waals surface area contributed by atoms with Gasteiger partial charge in [-0.3, -0.25) is 25.2 Å². The van der Waals surface area contributed by atoms with Crippen molar-refractivity contribution in [3.8, 4) is 11.5 Å². The van der Waals surface area contributed by atoms with Crippen molar-refractivity contribution in [1.29, 1.82) is 0 Å². The molecule has 2 N–H and O–H groups in total. The molecule has 0 saturated heterocycles. The predicted molar refractivity (Wildman–Crippen MR) is 104 cm³/mol. The average Bonchev–Trinajstić information content (AvgIpc) is 3.20. The molecule has 2 heterocycles. The summed E-state index contributed by atoms with van der Waals surface area (Å²) >= 11 is 0. The van der Waals surface area contributed by atoms with Crippen molar-refractivity contribution in [3.63, 3.8) is 0 Å². The maximum absolute atomic E-state index is 12.5. The van der Waals surface area contributed by atoms with Crippen LogP contribution in [0.1, 0.15) is 40.9 Å². The van der Waals surface area contributed by atoms with Crippen molar-refractivity contribution in [3.05, 3.63) is 65.4 Å². The summed E-state index contributed by atoms with van der Waals surface area (Å²) in [6.45, 7) is 1.56. The first-order valence-electron chi connectivity index (χ1n) is 9.08. The number of rotatable bonds is 3. The minimum atomic E-state index is -0.482. The standard InChI is InChI=1S/C21H19N3O5/c1-13(25)24-9-8-14-4-2-3-5-16(14)17(24)11-20(26)22-23-21(27)15-6-7-18-19(10-15)29-12-28-18/h2-10,17H,11-12H2,1H3,(H,22,26)(H,23,27)/t17-/m1/s1. The molecule has 2 aromatic rings. The molecule has 0 fully saturated rings. The Bertz CT molecular complexity index is 1020. The average molecular weight is 393 g/mol. The fourth-order valence-electron chi connectivity index (χ4n) is 3.38. The second-order valence-electron chi connectivity index (χ2n) is 6.66. The van der Waals surface area contributed by atoms with Gasteiger partial charge in [-0.25, -0.2) is 0 Å². The lowest BCUT2D eigenvalue weighted by atomic mass is 9.93. The Balaban J connectivity index is 1.41. The third-order valence-corrected chi connectivity index (χ3v) is 4.80. The molecular formula is C21H19N3O5. The van der Waals surface area contributed by atoms with Crippen molar-refractivity contribution < 1.29 is 23.9 Å². The second-order valence-corrected chi connectivity index (χ2v) is 6.66. The number of hydrazine groups is 1. The largest absolute Gasteiger partial charge is 0.454 e. The maximum Gasteiger partial charge on any atom is 0.269 e.